The van der Waals surface area contributed by atoms with Gasteiger partial charge in [-0.3, -0.25) is 19.2 Å². The standard InChI is InChI=1S/C39H68N8O9/c1-26(2)23-32(49)44-25-39(7,8)56-22-21-55-38(5,6)17-16-31(48)47-33(27(3)4)35(51)46-30(11-10-18-42-36(40)52)34(50)45-29-14-12-28(13-15-29)24-54-37(53)43-20-19-41-9/h12-15,26-27,30,33,41H,10-11,16-25H2,1-9H3,(H,43,53)(H,44,49)(H,45,50)(H,46,51)(H,47,48)(H3,40,42,52)/t30-,33?/m0/s1. The number of alkyl carbamates (subject to hydrolysis) is 1. The summed E-state index contributed by atoms with van der Waals surface area (Å²) in [6, 6.07) is 4.05. The first-order valence-electron chi connectivity index (χ1n) is 19.4. The summed E-state index contributed by atoms with van der Waals surface area (Å²) in [5.74, 6) is -1.44. The fraction of sp³-hybridized carbons (Fsp3) is 0.692. The third-order valence-electron chi connectivity index (χ3n) is 8.43. The van der Waals surface area contributed by atoms with E-state index in [0.29, 0.717) is 56.8 Å². The van der Waals surface area contributed by atoms with Crippen LogP contribution >= 0.6 is 0 Å². The number of rotatable bonds is 27. The Bertz CT molecular complexity index is 1390. The largest absolute Gasteiger partial charge is 0.445 e. The maximum absolute atomic E-state index is 13.6. The number of benzene rings is 1. The van der Waals surface area contributed by atoms with Gasteiger partial charge in [0, 0.05) is 44.7 Å². The fourth-order valence-electron chi connectivity index (χ4n) is 5.16. The van der Waals surface area contributed by atoms with Gasteiger partial charge in [-0.15, -0.1) is 0 Å². The zero-order chi connectivity index (χ0) is 42.3. The molecule has 0 bridgehead atoms. The van der Waals surface area contributed by atoms with Crippen LogP contribution in [-0.2, 0) is 40.0 Å². The van der Waals surface area contributed by atoms with Crippen molar-refractivity contribution >= 4 is 41.4 Å². The van der Waals surface area contributed by atoms with E-state index in [0.717, 1.165) is 0 Å². The van der Waals surface area contributed by atoms with Crippen molar-refractivity contribution in [2.24, 2.45) is 17.6 Å². The first-order valence-corrected chi connectivity index (χ1v) is 19.4. The van der Waals surface area contributed by atoms with Crippen LogP contribution in [0.1, 0.15) is 93.1 Å². The van der Waals surface area contributed by atoms with E-state index in [2.05, 4.69) is 37.2 Å². The second kappa shape index (κ2) is 25.6. The molecule has 9 N–H and O–H groups in total. The molecule has 1 aromatic carbocycles. The molecule has 17 nitrogen and oxygen atoms in total. The van der Waals surface area contributed by atoms with E-state index < -0.39 is 47.2 Å². The number of nitrogens with two attached hydrogens (primary N) is 1. The predicted molar refractivity (Wildman–Crippen MR) is 214 cm³/mol. The molecule has 0 fully saturated rings. The molecule has 0 saturated carbocycles. The lowest BCUT2D eigenvalue weighted by Crippen LogP contribution is -2.54. The molecule has 1 unspecified atom stereocenters. The van der Waals surface area contributed by atoms with Crippen LogP contribution in [0.15, 0.2) is 24.3 Å². The summed E-state index contributed by atoms with van der Waals surface area (Å²) < 4.78 is 17.1. The zero-order valence-electron chi connectivity index (χ0n) is 34.9. The highest BCUT2D eigenvalue weighted by Crippen LogP contribution is 2.18. The Balaban J connectivity index is 2.76. The number of amides is 7. The number of primary amides is 1. The molecule has 1 aromatic rings. The van der Waals surface area contributed by atoms with Crippen molar-refractivity contribution in [3.63, 3.8) is 0 Å². The monoisotopic (exact) mass is 793 g/mol. The molecule has 1 rings (SSSR count). The smallest absolute Gasteiger partial charge is 0.407 e. The second-order valence-corrected chi connectivity index (χ2v) is 15.7. The van der Waals surface area contributed by atoms with Crippen molar-refractivity contribution in [3.05, 3.63) is 29.8 Å². The summed E-state index contributed by atoms with van der Waals surface area (Å²) >= 11 is 0. The molecule has 0 aliphatic carbocycles. The highest BCUT2D eigenvalue weighted by molar-refractivity contribution is 5.98. The number of urea groups is 1. The van der Waals surface area contributed by atoms with Crippen molar-refractivity contribution in [1.29, 1.82) is 0 Å². The summed E-state index contributed by atoms with van der Waals surface area (Å²) in [5, 5.41) is 19.3. The lowest BCUT2D eigenvalue weighted by molar-refractivity contribution is -0.133. The maximum Gasteiger partial charge on any atom is 0.407 e. The normalized spacial score (nSPS) is 12.7. The van der Waals surface area contributed by atoms with Crippen LogP contribution in [0.25, 0.3) is 0 Å². The number of hydrogen-bond donors (Lipinski definition) is 8. The van der Waals surface area contributed by atoms with E-state index in [1.807, 2.05) is 41.5 Å². The van der Waals surface area contributed by atoms with Gasteiger partial charge in [0.05, 0.1) is 24.4 Å². The molecule has 17 heteroatoms. The third-order valence-corrected chi connectivity index (χ3v) is 8.43. The SMILES string of the molecule is CNCCNC(=O)OCc1ccc(NC(=O)[C@H](CCCNC(N)=O)NC(=O)C(NC(=O)CCC(C)(C)OCCOC(C)(C)CNC(=O)CC(C)C)C(C)C)cc1. The topological polar surface area (TPSA) is 240 Å². The van der Waals surface area contributed by atoms with Crippen LogP contribution in [0.4, 0.5) is 15.3 Å². The van der Waals surface area contributed by atoms with Crippen LogP contribution < -0.4 is 43.0 Å². The summed E-state index contributed by atoms with van der Waals surface area (Å²) in [5.41, 5.74) is 5.08. The zero-order valence-corrected chi connectivity index (χ0v) is 34.9. The van der Waals surface area contributed by atoms with Gasteiger partial charge >= 0.3 is 12.1 Å². The molecule has 0 aliphatic rings. The maximum atomic E-state index is 13.6. The van der Waals surface area contributed by atoms with Crippen LogP contribution in [0.5, 0.6) is 0 Å². The van der Waals surface area contributed by atoms with Crippen molar-refractivity contribution in [2.75, 3.05) is 51.8 Å². The molecular weight excluding hydrogens is 724 g/mol. The summed E-state index contributed by atoms with van der Waals surface area (Å²) in [6.45, 7) is 17.3. The first-order chi connectivity index (χ1) is 26.2. The van der Waals surface area contributed by atoms with Crippen molar-refractivity contribution < 1.29 is 43.0 Å². The minimum absolute atomic E-state index is 0.0183. The van der Waals surface area contributed by atoms with E-state index >= 15 is 0 Å². The number of carbonyl (C=O) groups is 6. The Hall–Kier alpha value is -4.48. The average Bonchev–Trinajstić information content (AvgIpc) is 3.11. The van der Waals surface area contributed by atoms with Gasteiger partial charge in [-0.05, 0) is 83.5 Å². The average molecular weight is 793 g/mol. The molecule has 56 heavy (non-hydrogen) atoms. The Morgan fingerprint density at radius 3 is 2.00 bits per heavy atom. The minimum Gasteiger partial charge on any atom is -0.445 e. The van der Waals surface area contributed by atoms with Crippen molar-refractivity contribution in [1.82, 2.24) is 31.9 Å². The third kappa shape index (κ3) is 22.8. The number of ether oxygens (including phenoxy) is 3. The molecule has 0 aliphatic heterocycles. The number of hydrogen-bond acceptors (Lipinski definition) is 10. The van der Waals surface area contributed by atoms with E-state index in [1.54, 1.807) is 45.2 Å². The number of likely N-dealkylation sites (N-methyl/N-ethyl adjacent to an activating group) is 1. The van der Waals surface area contributed by atoms with Crippen molar-refractivity contribution in [2.45, 2.75) is 117 Å². The fourth-order valence-corrected chi connectivity index (χ4v) is 5.16. The van der Waals surface area contributed by atoms with Crippen LogP contribution in [0.2, 0.25) is 0 Å². The van der Waals surface area contributed by atoms with E-state index in [9.17, 15) is 28.8 Å². The number of nitrogens with one attached hydrogen (secondary N) is 7. The van der Waals surface area contributed by atoms with Crippen LogP contribution in [-0.4, -0.2) is 105 Å². The molecule has 0 spiro atoms. The van der Waals surface area contributed by atoms with Gasteiger partial charge < -0.3 is 57.2 Å². The van der Waals surface area contributed by atoms with Gasteiger partial charge in [0.25, 0.3) is 0 Å². The quantitative estimate of drug-likeness (QED) is 0.0606. The van der Waals surface area contributed by atoms with E-state index in [1.165, 1.54) is 0 Å². The Morgan fingerprint density at radius 1 is 0.768 bits per heavy atom. The first kappa shape index (κ1) is 49.5. The van der Waals surface area contributed by atoms with Crippen LogP contribution in [0.3, 0.4) is 0 Å². The molecule has 0 saturated heterocycles. The highest BCUT2D eigenvalue weighted by atomic mass is 16.6. The molecule has 7 amide bonds. The minimum atomic E-state index is -1.00. The molecule has 0 radical (unpaired) electrons. The number of anilines is 1. The second-order valence-electron chi connectivity index (χ2n) is 15.7. The molecule has 2 atom stereocenters. The van der Waals surface area contributed by atoms with Crippen molar-refractivity contribution in [3.8, 4) is 0 Å². The Labute approximate surface area is 332 Å². The summed E-state index contributed by atoms with van der Waals surface area (Å²) in [6.07, 6.45) is 0.864. The Morgan fingerprint density at radius 2 is 1.41 bits per heavy atom. The predicted octanol–water partition coefficient (Wildman–Crippen LogP) is 2.68. The van der Waals surface area contributed by atoms with Gasteiger partial charge in [-0.25, -0.2) is 9.59 Å². The number of carbonyl (C=O) groups excluding carboxylic acids is 6. The van der Waals surface area contributed by atoms with Gasteiger partial charge in [-0.2, -0.15) is 0 Å². The summed E-state index contributed by atoms with van der Waals surface area (Å²) in [7, 11) is 1.77. The van der Waals surface area contributed by atoms with Crippen LogP contribution in [0, 0.1) is 11.8 Å². The Kier molecular flexibility index (Phi) is 22.7. The summed E-state index contributed by atoms with van der Waals surface area (Å²) in [4.78, 5) is 75.1. The van der Waals surface area contributed by atoms with Gasteiger partial charge in [0.15, 0.2) is 0 Å². The van der Waals surface area contributed by atoms with Gasteiger partial charge in [0.2, 0.25) is 23.6 Å². The molecule has 318 valence electrons. The molecule has 0 aromatic heterocycles. The lowest BCUT2D eigenvalue weighted by Gasteiger charge is -2.29. The van der Waals surface area contributed by atoms with Gasteiger partial charge in [-0.1, -0.05) is 39.8 Å². The lowest BCUT2D eigenvalue weighted by atomic mass is 9.99. The van der Waals surface area contributed by atoms with E-state index in [-0.39, 0.29) is 56.3 Å². The van der Waals surface area contributed by atoms with E-state index in [4.69, 9.17) is 19.9 Å². The van der Waals surface area contributed by atoms with Gasteiger partial charge in [0.1, 0.15) is 18.7 Å². The highest BCUT2D eigenvalue weighted by Gasteiger charge is 2.30. The molecule has 0 heterocycles. The molecular formula is C39H68N8O9.